The second kappa shape index (κ2) is 7.67. The zero-order valence-electron chi connectivity index (χ0n) is 15.9. The van der Waals surface area contributed by atoms with E-state index in [1.54, 1.807) is 57.2 Å². The number of ether oxygens (including phenoxy) is 1. The molecule has 1 aliphatic heterocycles. The molecule has 1 fully saturated rings. The third kappa shape index (κ3) is 4.45. The molecular formula is C20H18BrN3O5. The number of nitro benzene ring substituents is 1. The Balaban J connectivity index is 2.01. The first-order valence-corrected chi connectivity index (χ1v) is 9.45. The molecular weight excluding hydrogens is 442 g/mol. The van der Waals surface area contributed by atoms with Crippen molar-refractivity contribution in [1.29, 1.82) is 0 Å². The number of hydrazine groups is 1. The minimum atomic E-state index is -0.648. The third-order valence-electron chi connectivity index (χ3n) is 3.87. The fraction of sp³-hybridized carbons (Fsp3) is 0.200. The zero-order chi connectivity index (χ0) is 21.3. The van der Waals surface area contributed by atoms with Crippen LogP contribution in [0.25, 0.3) is 6.08 Å². The van der Waals surface area contributed by atoms with Gasteiger partial charge in [-0.15, -0.1) is 0 Å². The van der Waals surface area contributed by atoms with Gasteiger partial charge in [-0.3, -0.25) is 25.1 Å². The van der Waals surface area contributed by atoms with Crippen LogP contribution in [0.2, 0.25) is 0 Å². The molecule has 0 radical (unpaired) electrons. The number of para-hydroxylation sites is 1. The van der Waals surface area contributed by atoms with Crippen LogP contribution in [0, 0.1) is 10.1 Å². The van der Waals surface area contributed by atoms with Crippen molar-refractivity contribution < 1.29 is 19.2 Å². The van der Waals surface area contributed by atoms with E-state index in [9.17, 15) is 19.7 Å². The molecule has 29 heavy (non-hydrogen) atoms. The predicted molar refractivity (Wildman–Crippen MR) is 111 cm³/mol. The van der Waals surface area contributed by atoms with Gasteiger partial charge in [-0.2, -0.15) is 0 Å². The lowest BCUT2D eigenvalue weighted by molar-refractivity contribution is -0.386. The SMILES string of the molecule is CC(C)(C)Oc1c(Br)cc(C=C2C(=O)NN(c3ccccc3)C2=O)cc1[N+](=O)[O-]. The number of carbonyl (C=O) groups excluding carboxylic acids is 2. The largest absolute Gasteiger partial charge is 0.480 e. The molecule has 0 aliphatic carbocycles. The standard InChI is InChI=1S/C20H18BrN3O5/c1-20(2,3)29-17-15(21)10-12(11-16(17)24(27)28)9-14-18(25)22-23(19(14)26)13-7-5-4-6-8-13/h4-11H,1-3H3,(H,22,25). The second-order valence-corrected chi connectivity index (χ2v) is 8.15. The number of hydrogen-bond acceptors (Lipinski definition) is 5. The van der Waals surface area contributed by atoms with Gasteiger partial charge >= 0.3 is 5.69 Å². The molecule has 150 valence electrons. The van der Waals surface area contributed by atoms with Gasteiger partial charge in [0.15, 0.2) is 0 Å². The fourth-order valence-corrected chi connectivity index (χ4v) is 3.26. The van der Waals surface area contributed by atoms with Crippen LogP contribution in [0.5, 0.6) is 5.75 Å². The normalized spacial score (nSPS) is 15.6. The highest BCUT2D eigenvalue weighted by Crippen LogP contribution is 2.39. The van der Waals surface area contributed by atoms with Crippen molar-refractivity contribution in [1.82, 2.24) is 5.43 Å². The van der Waals surface area contributed by atoms with Crippen molar-refractivity contribution in [2.24, 2.45) is 0 Å². The van der Waals surface area contributed by atoms with Crippen molar-refractivity contribution in [3.05, 3.63) is 68.2 Å². The number of anilines is 1. The monoisotopic (exact) mass is 459 g/mol. The van der Waals surface area contributed by atoms with E-state index in [1.165, 1.54) is 12.1 Å². The van der Waals surface area contributed by atoms with Gasteiger partial charge in [-0.1, -0.05) is 18.2 Å². The smallest absolute Gasteiger partial charge is 0.312 e. The van der Waals surface area contributed by atoms with Crippen molar-refractivity contribution in [2.75, 3.05) is 5.01 Å². The van der Waals surface area contributed by atoms with Crippen LogP contribution in [-0.4, -0.2) is 22.3 Å². The van der Waals surface area contributed by atoms with E-state index in [-0.39, 0.29) is 17.0 Å². The summed E-state index contributed by atoms with van der Waals surface area (Å²) in [5.41, 5.74) is 2.27. The number of halogens is 1. The quantitative estimate of drug-likeness (QED) is 0.322. The fourth-order valence-electron chi connectivity index (χ4n) is 2.71. The van der Waals surface area contributed by atoms with Crippen molar-refractivity contribution in [3.63, 3.8) is 0 Å². The van der Waals surface area contributed by atoms with E-state index in [1.807, 2.05) is 0 Å². The summed E-state index contributed by atoms with van der Waals surface area (Å²) in [5, 5.41) is 12.7. The second-order valence-electron chi connectivity index (χ2n) is 7.30. The Morgan fingerprint density at radius 1 is 1.17 bits per heavy atom. The molecule has 0 aromatic heterocycles. The molecule has 0 bridgehead atoms. The van der Waals surface area contributed by atoms with E-state index in [0.29, 0.717) is 15.7 Å². The Hall–Kier alpha value is -3.20. The van der Waals surface area contributed by atoms with Crippen LogP contribution in [0.3, 0.4) is 0 Å². The van der Waals surface area contributed by atoms with Crippen LogP contribution in [-0.2, 0) is 9.59 Å². The maximum Gasteiger partial charge on any atom is 0.312 e. The number of benzene rings is 2. The summed E-state index contributed by atoms with van der Waals surface area (Å²) in [4.78, 5) is 36.0. The minimum Gasteiger partial charge on any atom is -0.480 e. The van der Waals surface area contributed by atoms with Gasteiger partial charge in [-0.25, -0.2) is 5.01 Å². The summed E-state index contributed by atoms with van der Waals surface area (Å²) in [5.74, 6) is -1.06. The van der Waals surface area contributed by atoms with Crippen molar-refractivity contribution in [3.8, 4) is 5.75 Å². The topological polar surface area (TPSA) is 102 Å². The lowest BCUT2D eigenvalue weighted by Gasteiger charge is -2.22. The minimum absolute atomic E-state index is 0.0813. The van der Waals surface area contributed by atoms with Crippen LogP contribution in [0.4, 0.5) is 11.4 Å². The number of rotatable bonds is 4. The lowest BCUT2D eigenvalue weighted by Crippen LogP contribution is -2.35. The van der Waals surface area contributed by atoms with Gasteiger partial charge in [0.05, 0.1) is 15.1 Å². The van der Waals surface area contributed by atoms with E-state index < -0.39 is 22.3 Å². The number of nitrogens with zero attached hydrogens (tertiary/aromatic N) is 2. The predicted octanol–water partition coefficient (Wildman–Crippen LogP) is 4.00. The molecule has 2 aromatic rings. The van der Waals surface area contributed by atoms with E-state index in [2.05, 4.69) is 21.4 Å². The lowest BCUT2D eigenvalue weighted by atomic mass is 10.1. The van der Waals surface area contributed by atoms with E-state index in [4.69, 9.17) is 4.74 Å². The van der Waals surface area contributed by atoms with Gasteiger partial charge < -0.3 is 4.74 Å². The molecule has 0 unspecified atom stereocenters. The van der Waals surface area contributed by atoms with Gasteiger partial charge in [0.2, 0.25) is 5.75 Å². The molecule has 1 N–H and O–H groups in total. The highest BCUT2D eigenvalue weighted by atomic mass is 79.9. The molecule has 3 rings (SSSR count). The first-order chi connectivity index (χ1) is 13.6. The summed E-state index contributed by atoms with van der Waals surface area (Å²) in [6, 6.07) is 11.5. The van der Waals surface area contributed by atoms with E-state index in [0.717, 1.165) is 5.01 Å². The average molecular weight is 460 g/mol. The molecule has 0 spiro atoms. The number of hydrogen-bond donors (Lipinski definition) is 1. The number of amides is 2. The van der Waals surface area contributed by atoms with Crippen LogP contribution in [0.1, 0.15) is 26.3 Å². The van der Waals surface area contributed by atoms with Crippen LogP contribution in [0.15, 0.2) is 52.5 Å². The highest BCUT2D eigenvalue weighted by molar-refractivity contribution is 9.10. The summed E-state index contributed by atoms with van der Waals surface area (Å²) in [6.07, 6.45) is 1.32. The molecule has 0 saturated carbocycles. The Morgan fingerprint density at radius 2 is 1.83 bits per heavy atom. The number of nitro groups is 1. The summed E-state index contributed by atoms with van der Waals surface area (Å²) >= 11 is 3.29. The van der Waals surface area contributed by atoms with E-state index >= 15 is 0 Å². The maximum atomic E-state index is 12.7. The Morgan fingerprint density at radius 3 is 2.41 bits per heavy atom. The molecule has 2 amide bonds. The van der Waals surface area contributed by atoms with Crippen molar-refractivity contribution in [2.45, 2.75) is 26.4 Å². The number of carbonyl (C=O) groups is 2. The first kappa shape index (κ1) is 20.5. The highest BCUT2D eigenvalue weighted by Gasteiger charge is 2.34. The average Bonchev–Trinajstić information content (AvgIpc) is 2.91. The summed E-state index contributed by atoms with van der Waals surface area (Å²) in [6.45, 7) is 5.33. The number of nitrogens with one attached hydrogen (secondary N) is 1. The van der Waals surface area contributed by atoms with Gasteiger partial charge in [-0.05, 0) is 66.5 Å². The molecule has 1 heterocycles. The van der Waals surface area contributed by atoms with Crippen LogP contribution < -0.4 is 15.2 Å². The molecule has 8 nitrogen and oxygen atoms in total. The molecule has 0 atom stereocenters. The zero-order valence-corrected chi connectivity index (χ0v) is 17.5. The first-order valence-electron chi connectivity index (χ1n) is 8.66. The summed E-state index contributed by atoms with van der Waals surface area (Å²) in [7, 11) is 0. The molecule has 1 saturated heterocycles. The Labute approximate surface area is 175 Å². The maximum absolute atomic E-state index is 12.7. The van der Waals surface area contributed by atoms with Crippen molar-refractivity contribution >= 4 is 45.2 Å². The summed E-state index contributed by atoms with van der Waals surface area (Å²) < 4.78 is 6.05. The van der Waals surface area contributed by atoms with Gasteiger partial charge in [0.1, 0.15) is 11.2 Å². The van der Waals surface area contributed by atoms with Gasteiger partial charge in [0, 0.05) is 6.07 Å². The molecule has 1 aliphatic rings. The van der Waals surface area contributed by atoms with Crippen LogP contribution >= 0.6 is 15.9 Å². The Bertz CT molecular complexity index is 1030. The Kier molecular flexibility index (Phi) is 5.43. The molecule has 2 aromatic carbocycles. The third-order valence-corrected chi connectivity index (χ3v) is 4.46. The van der Waals surface area contributed by atoms with Gasteiger partial charge in [0.25, 0.3) is 11.8 Å². The molecule has 9 heteroatoms.